The Labute approximate surface area is 238 Å². The van der Waals surface area contributed by atoms with E-state index in [4.69, 9.17) is 0 Å². The molecule has 0 aromatic rings. The number of halogens is 6. The van der Waals surface area contributed by atoms with Crippen molar-refractivity contribution in [2.45, 2.75) is 89.1 Å². The Hall–Kier alpha value is -2.85. The number of hydrogen-bond donors (Lipinski definition) is 3. The van der Waals surface area contributed by atoms with Gasteiger partial charge in [0.25, 0.3) is 5.92 Å². The van der Waals surface area contributed by atoms with Crippen LogP contribution in [0.1, 0.15) is 52.9 Å². The summed E-state index contributed by atoms with van der Waals surface area (Å²) in [6.45, 7) is 4.31. The van der Waals surface area contributed by atoms with Crippen molar-refractivity contribution in [3.8, 4) is 0 Å². The fraction of sp³-hybridized carbons (Fsp3) is 0.760. The van der Waals surface area contributed by atoms with Crippen molar-refractivity contribution in [2.75, 3.05) is 12.8 Å². The Morgan fingerprint density at radius 3 is 2.21 bits per heavy atom. The monoisotopic (exact) mass is 632 g/mol. The first-order chi connectivity index (χ1) is 19.0. The van der Waals surface area contributed by atoms with Crippen molar-refractivity contribution < 1.29 is 53.9 Å². The van der Waals surface area contributed by atoms with E-state index < -0.39 is 98.6 Å². The third kappa shape index (κ3) is 7.37. The van der Waals surface area contributed by atoms with Crippen LogP contribution in [0.5, 0.6) is 0 Å². The van der Waals surface area contributed by atoms with Crippen LogP contribution >= 0.6 is 0 Å². The molecule has 4 fully saturated rings. The maximum absolute atomic E-state index is 15.1. The van der Waals surface area contributed by atoms with Crippen LogP contribution in [0.3, 0.4) is 0 Å². The minimum atomic E-state index is -5.36. The van der Waals surface area contributed by atoms with Gasteiger partial charge in [-0.05, 0) is 37.2 Å². The van der Waals surface area contributed by atoms with Gasteiger partial charge in [-0.25, -0.2) is 17.2 Å². The summed E-state index contributed by atoms with van der Waals surface area (Å²) in [5.41, 5.74) is -1.35. The summed E-state index contributed by atoms with van der Waals surface area (Å²) in [6, 6.07) is -6.56. The minimum absolute atomic E-state index is 0.00808. The molecule has 3 N–H and O–H groups in total. The molecule has 10 nitrogen and oxygen atoms in total. The number of piperidine rings is 2. The van der Waals surface area contributed by atoms with Crippen LogP contribution in [0, 0.1) is 17.3 Å². The summed E-state index contributed by atoms with van der Waals surface area (Å²) in [5.74, 6) is -11.3. The molecule has 1 saturated carbocycles. The number of alkyl halides is 5. The van der Waals surface area contributed by atoms with Crippen LogP contribution in [0.4, 0.5) is 26.3 Å². The van der Waals surface area contributed by atoms with Crippen LogP contribution in [0.15, 0.2) is 11.2 Å². The molecule has 4 amide bonds. The van der Waals surface area contributed by atoms with E-state index in [1.165, 1.54) is 20.8 Å². The Morgan fingerprint density at radius 2 is 1.74 bits per heavy atom. The zero-order valence-corrected chi connectivity index (χ0v) is 24.2. The molecule has 0 radical (unpaired) electrons. The molecule has 1 aliphatic carbocycles. The lowest BCUT2D eigenvalue weighted by Gasteiger charge is -2.55. The second-order valence-corrected chi connectivity index (χ2v) is 14.1. The van der Waals surface area contributed by atoms with Gasteiger partial charge in [-0.3, -0.25) is 19.2 Å². The van der Waals surface area contributed by atoms with E-state index in [0.29, 0.717) is 12.3 Å². The van der Waals surface area contributed by atoms with Crippen LogP contribution in [0.25, 0.3) is 0 Å². The van der Waals surface area contributed by atoms with E-state index in [-0.39, 0.29) is 32.2 Å². The lowest BCUT2D eigenvalue weighted by Crippen LogP contribution is -2.71. The number of rotatable bonds is 8. The van der Waals surface area contributed by atoms with Crippen molar-refractivity contribution >= 4 is 33.5 Å². The molecular formula is C25H34F6N4O6S. The quantitative estimate of drug-likeness (QED) is 0.350. The number of fused-ring (bicyclic) bond motifs is 3. The first kappa shape index (κ1) is 33.6. The lowest BCUT2D eigenvalue weighted by atomic mass is 9.70. The summed E-state index contributed by atoms with van der Waals surface area (Å²) in [7, 11) is -4.38. The number of hydrogen-bond acceptors (Lipinski definition) is 6. The van der Waals surface area contributed by atoms with E-state index >= 15 is 8.78 Å². The first-order valence-corrected chi connectivity index (χ1v) is 15.2. The Bertz CT molecular complexity index is 1250. The fourth-order valence-electron chi connectivity index (χ4n) is 5.73. The Balaban J connectivity index is 2.00. The molecule has 3 saturated heterocycles. The largest absolute Gasteiger partial charge is 0.471 e. The smallest absolute Gasteiger partial charge is 0.356 e. The molecule has 4 aliphatic rings. The van der Waals surface area contributed by atoms with E-state index in [2.05, 4.69) is 10.6 Å². The number of carbonyl (C=O) groups excluding carboxylic acids is 4. The zero-order valence-electron chi connectivity index (χ0n) is 23.4. The van der Waals surface area contributed by atoms with E-state index in [9.17, 15) is 45.2 Å². The number of sulfone groups is 1. The average Bonchev–Trinajstić information content (AvgIpc) is 3.22. The van der Waals surface area contributed by atoms with Gasteiger partial charge in [0.1, 0.15) is 12.1 Å². The molecule has 2 bridgehead atoms. The molecule has 17 heteroatoms. The third-order valence-corrected chi connectivity index (χ3v) is 8.66. The first-order valence-electron chi connectivity index (χ1n) is 13.3. The van der Waals surface area contributed by atoms with Gasteiger partial charge in [-0.1, -0.05) is 20.8 Å². The molecule has 0 unspecified atom stereocenters. The van der Waals surface area contributed by atoms with Gasteiger partial charge in [0.15, 0.2) is 0 Å². The predicted octanol–water partition coefficient (Wildman–Crippen LogP) is 1.96. The highest BCUT2D eigenvalue weighted by atomic mass is 32.2. The maximum Gasteiger partial charge on any atom is 0.471 e. The normalized spacial score (nSPS) is 27.7. The van der Waals surface area contributed by atoms with E-state index in [1.54, 1.807) is 5.32 Å². The van der Waals surface area contributed by atoms with Crippen molar-refractivity contribution in [1.82, 2.24) is 20.9 Å². The van der Waals surface area contributed by atoms with Crippen LogP contribution in [-0.4, -0.2) is 86.0 Å². The summed E-state index contributed by atoms with van der Waals surface area (Å²) in [5, 5.41) is 4.81. The Morgan fingerprint density at radius 1 is 1.12 bits per heavy atom. The van der Waals surface area contributed by atoms with Crippen molar-refractivity contribution in [2.24, 2.45) is 17.3 Å². The van der Waals surface area contributed by atoms with Gasteiger partial charge in [0, 0.05) is 31.2 Å². The number of nitrogens with one attached hydrogen (secondary N) is 3. The van der Waals surface area contributed by atoms with Gasteiger partial charge in [0.2, 0.25) is 32.7 Å². The molecule has 0 spiro atoms. The molecule has 3 aliphatic heterocycles. The molecule has 4 rings (SSSR count). The molecule has 42 heavy (non-hydrogen) atoms. The number of amides is 4. The fourth-order valence-corrected chi connectivity index (χ4v) is 6.14. The lowest BCUT2D eigenvalue weighted by molar-refractivity contribution is -0.197. The predicted molar refractivity (Wildman–Crippen MR) is 136 cm³/mol. The summed E-state index contributed by atoms with van der Waals surface area (Å²) >= 11 is 0. The number of nitrogens with zero attached hydrogens (tertiary/aromatic N) is 1. The molecular weight excluding hydrogens is 598 g/mol. The van der Waals surface area contributed by atoms with Crippen molar-refractivity contribution in [3.63, 3.8) is 0 Å². The van der Waals surface area contributed by atoms with Gasteiger partial charge >= 0.3 is 12.1 Å². The highest BCUT2D eigenvalue weighted by molar-refractivity contribution is 7.94. The summed E-state index contributed by atoms with van der Waals surface area (Å²) in [6.07, 6.45) is -5.38. The van der Waals surface area contributed by atoms with Gasteiger partial charge < -0.3 is 20.9 Å². The summed E-state index contributed by atoms with van der Waals surface area (Å²) in [4.78, 5) is 52.0. The van der Waals surface area contributed by atoms with E-state index in [0.717, 1.165) is 4.90 Å². The molecule has 6 atom stereocenters. The van der Waals surface area contributed by atoms with Crippen molar-refractivity contribution in [1.29, 1.82) is 0 Å². The van der Waals surface area contributed by atoms with Gasteiger partial charge in [-0.15, -0.1) is 0 Å². The summed E-state index contributed by atoms with van der Waals surface area (Å²) < 4.78 is 107. The highest BCUT2D eigenvalue weighted by Crippen LogP contribution is 2.49. The molecule has 0 aromatic heterocycles. The second-order valence-electron chi connectivity index (χ2n) is 12.1. The SMILES string of the molecule is CC(C)(C)[C@@H](NC(=O)C(F)(F)F)C(=O)N1[C@H]2CC[C@@H]([C@H]1C(=O)N[C@@H](/C=C(/F)S(C)(=O)=O)C[C@H]1CCNC1=O)C(F)(F)C2. The second kappa shape index (κ2) is 11.7. The zero-order chi connectivity index (χ0) is 32.0. The standard InChI is InChI=1S/C25H34F6N4O6S/c1-23(2,3)18(34-22(39)25(29,30)31)21(38)35-14-5-6-15(24(27,28)11-14)17(35)20(37)33-13(10-16(26)42(4,40)41)9-12-7-8-32-19(12)36/h10,12-15,17-18H,5-9,11H2,1-4H3,(H,32,36)(H,33,37)(H,34,39)/b16-10-/t12-,13-,14+,15+,17+,18+/m1/s1. The average molecular weight is 633 g/mol. The maximum atomic E-state index is 15.1. The van der Waals surface area contributed by atoms with Crippen molar-refractivity contribution in [3.05, 3.63) is 11.2 Å². The third-order valence-electron chi connectivity index (χ3n) is 7.82. The molecule has 238 valence electrons. The van der Waals surface area contributed by atoms with Crippen LogP contribution < -0.4 is 16.0 Å². The molecule has 0 aromatic carbocycles. The Kier molecular flexibility index (Phi) is 9.36. The number of carbonyl (C=O) groups is 4. The minimum Gasteiger partial charge on any atom is -0.356 e. The van der Waals surface area contributed by atoms with Gasteiger partial charge in [-0.2, -0.15) is 17.6 Å². The van der Waals surface area contributed by atoms with Gasteiger partial charge in [0.05, 0.1) is 12.0 Å². The molecule has 3 heterocycles. The van der Waals surface area contributed by atoms with Crippen LogP contribution in [0.2, 0.25) is 0 Å². The highest BCUT2D eigenvalue weighted by Gasteiger charge is 2.61. The van der Waals surface area contributed by atoms with Crippen LogP contribution in [-0.2, 0) is 29.0 Å². The topological polar surface area (TPSA) is 142 Å². The van der Waals surface area contributed by atoms with E-state index in [1.807, 2.05) is 0 Å².